The molecule has 0 fully saturated rings. The molecular formula is C23H21F4N3O2S. The Labute approximate surface area is 192 Å². The van der Waals surface area contributed by atoms with Gasteiger partial charge in [-0.1, -0.05) is 48.9 Å². The Bertz CT molecular complexity index is 1130. The average molecular weight is 479 g/mol. The molecule has 0 saturated heterocycles. The van der Waals surface area contributed by atoms with Gasteiger partial charge in [0.15, 0.2) is 5.69 Å². The Hall–Kier alpha value is -3.27. The fraction of sp³-hybridized carbons (Fsp3) is 0.261. The zero-order valence-corrected chi connectivity index (χ0v) is 18.7. The zero-order chi connectivity index (χ0) is 24.0. The number of halogens is 4. The topological polar surface area (TPSA) is 54.8 Å². The molecule has 1 amide bonds. The quantitative estimate of drug-likeness (QED) is 0.210. The van der Waals surface area contributed by atoms with E-state index in [1.165, 1.54) is 25.5 Å². The van der Waals surface area contributed by atoms with Crippen molar-refractivity contribution < 1.29 is 27.1 Å². The van der Waals surface area contributed by atoms with E-state index in [4.69, 9.17) is 4.74 Å². The molecule has 0 aliphatic rings. The third kappa shape index (κ3) is 6.16. The predicted octanol–water partition coefficient (Wildman–Crippen LogP) is 6.53. The summed E-state index contributed by atoms with van der Waals surface area (Å²) in [7, 11) is 1.50. The Morgan fingerprint density at radius 1 is 1.21 bits per heavy atom. The molecule has 0 spiro atoms. The van der Waals surface area contributed by atoms with Crippen LogP contribution in [0.5, 0.6) is 5.75 Å². The van der Waals surface area contributed by atoms with E-state index < -0.39 is 23.6 Å². The first kappa shape index (κ1) is 24.4. The standard InChI is InChI=1S/C23H21F4N3O2S/c1-3-4-8-19(31)30(28-14-15-6-5-7-18(13-15)32-2)22-29-21(23(25,26)27)20(33-22)16-9-11-17(24)12-10-16/h5-7,9-14H,3-4,8H2,1-2H3/b28-14+. The lowest BCUT2D eigenvalue weighted by molar-refractivity contribution is -0.140. The van der Waals surface area contributed by atoms with Crippen molar-refractivity contribution in [2.45, 2.75) is 32.4 Å². The van der Waals surface area contributed by atoms with Gasteiger partial charge in [0.05, 0.1) is 18.2 Å². The van der Waals surface area contributed by atoms with Gasteiger partial charge in [0.1, 0.15) is 11.6 Å². The van der Waals surface area contributed by atoms with E-state index in [0.717, 1.165) is 23.6 Å². The Kier molecular flexibility index (Phi) is 7.80. The van der Waals surface area contributed by atoms with Crippen molar-refractivity contribution in [3.8, 4) is 16.2 Å². The maximum absolute atomic E-state index is 13.7. The van der Waals surface area contributed by atoms with Gasteiger partial charge in [-0.15, -0.1) is 0 Å². The van der Waals surface area contributed by atoms with Crippen LogP contribution in [0.1, 0.15) is 37.4 Å². The minimum absolute atomic E-state index is 0.0960. The van der Waals surface area contributed by atoms with Crippen molar-refractivity contribution in [1.29, 1.82) is 0 Å². The molecule has 0 radical (unpaired) electrons. The second-order valence-electron chi connectivity index (χ2n) is 7.01. The van der Waals surface area contributed by atoms with Crippen LogP contribution in [-0.2, 0) is 11.0 Å². The molecule has 10 heteroatoms. The monoisotopic (exact) mass is 479 g/mol. The molecule has 3 rings (SSSR count). The van der Waals surface area contributed by atoms with Gasteiger partial charge < -0.3 is 4.74 Å². The summed E-state index contributed by atoms with van der Waals surface area (Å²) in [5, 5.41) is 4.83. The van der Waals surface area contributed by atoms with Crippen LogP contribution in [0.25, 0.3) is 10.4 Å². The number of methoxy groups -OCH3 is 1. The zero-order valence-electron chi connectivity index (χ0n) is 17.9. The smallest absolute Gasteiger partial charge is 0.434 e. The third-order valence-electron chi connectivity index (χ3n) is 4.57. The number of alkyl halides is 3. The molecule has 0 N–H and O–H groups in total. The summed E-state index contributed by atoms with van der Waals surface area (Å²) in [6.45, 7) is 1.90. The van der Waals surface area contributed by atoms with E-state index in [0.29, 0.717) is 29.1 Å². The van der Waals surface area contributed by atoms with Crippen LogP contribution in [-0.4, -0.2) is 24.2 Å². The van der Waals surface area contributed by atoms with Gasteiger partial charge in [-0.3, -0.25) is 4.79 Å². The van der Waals surface area contributed by atoms with Crippen molar-refractivity contribution in [3.05, 3.63) is 65.6 Å². The van der Waals surface area contributed by atoms with Crippen LogP contribution in [0.4, 0.5) is 22.7 Å². The summed E-state index contributed by atoms with van der Waals surface area (Å²) < 4.78 is 59.7. The number of benzene rings is 2. The summed E-state index contributed by atoms with van der Waals surface area (Å²) >= 11 is 0.671. The van der Waals surface area contributed by atoms with E-state index in [-0.39, 0.29) is 22.0 Å². The van der Waals surface area contributed by atoms with E-state index in [9.17, 15) is 22.4 Å². The van der Waals surface area contributed by atoms with E-state index in [1.54, 1.807) is 24.3 Å². The highest BCUT2D eigenvalue weighted by molar-refractivity contribution is 7.19. The second kappa shape index (κ2) is 10.6. The molecule has 0 aliphatic heterocycles. The van der Waals surface area contributed by atoms with Crippen LogP contribution in [0, 0.1) is 5.82 Å². The number of anilines is 1. The van der Waals surface area contributed by atoms with Crippen LogP contribution < -0.4 is 9.75 Å². The highest BCUT2D eigenvalue weighted by Crippen LogP contribution is 2.43. The van der Waals surface area contributed by atoms with Gasteiger partial charge in [-0.25, -0.2) is 9.37 Å². The summed E-state index contributed by atoms with van der Waals surface area (Å²) in [5.41, 5.74) is -0.418. The number of ether oxygens (including phenoxy) is 1. The lowest BCUT2D eigenvalue weighted by atomic mass is 10.1. The Morgan fingerprint density at radius 2 is 1.94 bits per heavy atom. The molecule has 0 unspecified atom stereocenters. The lowest BCUT2D eigenvalue weighted by Crippen LogP contribution is -2.25. The van der Waals surface area contributed by atoms with Crippen LogP contribution in [0.2, 0.25) is 0 Å². The first-order valence-corrected chi connectivity index (χ1v) is 10.9. The maximum atomic E-state index is 13.7. The number of carbonyl (C=O) groups excluding carboxylic acids is 1. The summed E-state index contributed by atoms with van der Waals surface area (Å²) in [5.74, 6) is -0.490. The van der Waals surface area contributed by atoms with Crippen LogP contribution in [0.15, 0.2) is 53.6 Å². The third-order valence-corrected chi connectivity index (χ3v) is 5.65. The molecule has 1 heterocycles. The van der Waals surface area contributed by atoms with E-state index in [1.807, 2.05) is 6.92 Å². The number of hydrogen-bond donors (Lipinski definition) is 0. The van der Waals surface area contributed by atoms with E-state index in [2.05, 4.69) is 10.1 Å². The fourth-order valence-corrected chi connectivity index (χ4v) is 3.96. The number of rotatable bonds is 8. The number of carbonyl (C=O) groups is 1. The maximum Gasteiger partial charge on any atom is 0.434 e. The molecule has 0 aliphatic carbocycles. The Balaban J connectivity index is 2.06. The SMILES string of the molecule is CCCCC(=O)N(/N=C/c1cccc(OC)c1)c1nc(C(F)(F)F)c(-c2ccc(F)cc2)s1. The number of nitrogens with zero attached hydrogens (tertiary/aromatic N) is 3. The van der Waals surface area contributed by atoms with Gasteiger partial charge in [-0.05, 0) is 41.8 Å². The normalized spacial score (nSPS) is 11.7. The minimum atomic E-state index is -4.77. The molecule has 0 bridgehead atoms. The van der Waals surface area contributed by atoms with Crippen molar-refractivity contribution in [2.24, 2.45) is 5.10 Å². The fourth-order valence-electron chi connectivity index (χ4n) is 2.89. The average Bonchev–Trinajstić information content (AvgIpc) is 3.24. The molecule has 33 heavy (non-hydrogen) atoms. The number of thiazole rings is 1. The van der Waals surface area contributed by atoms with Gasteiger partial charge in [0.25, 0.3) is 0 Å². The summed E-state index contributed by atoms with van der Waals surface area (Å²) in [6.07, 6.45) is -2.04. The van der Waals surface area contributed by atoms with Crippen molar-refractivity contribution in [1.82, 2.24) is 4.98 Å². The molecule has 174 valence electrons. The number of hydrazone groups is 1. The summed E-state index contributed by atoms with van der Waals surface area (Å²) in [6, 6.07) is 11.5. The number of hydrogen-bond acceptors (Lipinski definition) is 5. The van der Waals surface area contributed by atoms with Crippen LogP contribution in [0.3, 0.4) is 0 Å². The van der Waals surface area contributed by atoms with E-state index >= 15 is 0 Å². The number of aromatic nitrogens is 1. The first-order chi connectivity index (χ1) is 15.7. The largest absolute Gasteiger partial charge is 0.497 e. The second-order valence-corrected chi connectivity index (χ2v) is 7.99. The summed E-state index contributed by atoms with van der Waals surface area (Å²) in [4.78, 5) is 16.3. The van der Waals surface area contributed by atoms with Crippen molar-refractivity contribution in [2.75, 3.05) is 12.1 Å². The van der Waals surface area contributed by atoms with Crippen LogP contribution >= 0.6 is 11.3 Å². The predicted molar refractivity (Wildman–Crippen MR) is 120 cm³/mol. The first-order valence-electron chi connectivity index (χ1n) is 10.1. The molecule has 0 saturated carbocycles. The molecule has 1 aromatic heterocycles. The number of amides is 1. The number of unbranched alkanes of at least 4 members (excludes halogenated alkanes) is 1. The minimum Gasteiger partial charge on any atom is -0.497 e. The molecular weight excluding hydrogens is 458 g/mol. The van der Waals surface area contributed by atoms with Crippen molar-refractivity contribution >= 4 is 28.6 Å². The molecule has 5 nitrogen and oxygen atoms in total. The van der Waals surface area contributed by atoms with Gasteiger partial charge in [0.2, 0.25) is 11.0 Å². The molecule has 3 aromatic rings. The molecule has 2 aromatic carbocycles. The lowest BCUT2D eigenvalue weighted by Gasteiger charge is -2.13. The highest BCUT2D eigenvalue weighted by Gasteiger charge is 2.39. The van der Waals surface area contributed by atoms with Crippen molar-refractivity contribution in [3.63, 3.8) is 0 Å². The molecule has 0 atom stereocenters. The highest BCUT2D eigenvalue weighted by atomic mass is 32.1. The Morgan fingerprint density at radius 3 is 2.58 bits per heavy atom. The van der Waals surface area contributed by atoms with Gasteiger partial charge >= 0.3 is 6.18 Å². The van der Waals surface area contributed by atoms with Gasteiger partial charge in [-0.2, -0.15) is 23.3 Å². The van der Waals surface area contributed by atoms with Gasteiger partial charge in [0, 0.05) is 6.42 Å².